The van der Waals surface area contributed by atoms with Crippen LogP contribution in [0.2, 0.25) is 0 Å². The van der Waals surface area contributed by atoms with Gasteiger partial charge in [0.25, 0.3) is 0 Å². The molecule has 1 aromatic rings. The fourth-order valence-corrected chi connectivity index (χ4v) is 1.22. The normalized spacial score (nSPS) is 11.1. The smallest absolute Gasteiger partial charge is 0.339 e. The van der Waals surface area contributed by atoms with Gasteiger partial charge in [-0.3, -0.25) is 0 Å². The van der Waals surface area contributed by atoms with E-state index in [4.69, 9.17) is 9.84 Å². The number of aryl methyl sites for hydroxylation is 1. The van der Waals surface area contributed by atoms with Crippen LogP contribution in [0.3, 0.4) is 0 Å². The zero-order valence-electron chi connectivity index (χ0n) is 8.15. The fourth-order valence-electron chi connectivity index (χ4n) is 1.22. The monoisotopic (exact) mass is 192 g/mol. The Morgan fingerprint density at radius 1 is 1.43 bits per heavy atom. The van der Waals surface area contributed by atoms with Gasteiger partial charge >= 0.3 is 5.97 Å². The topological polar surface area (TPSA) is 46.5 Å². The number of hydrogen-bond donors (Lipinski definition) is 1. The summed E-state index contributed by atoms with van der Waals surface area (Å²) in [5.41, 5.74) is 1.77. The molecule has 0 aliphatic rings. The number of rotatable bonds is 3. The molecular weight excluding hydrogens is 180 g/mol. The maximum atomic E-state index is 10.9. The Morgan fingerprint density at radius 2 is 2.07 bits per heavy atom. The van der Waals surface area contributed by atoms with Crippen LogP contribution in [0.25, 0.3) is 5.57 Å². The SMILES string of the molecule is COC=C(C(=O)O)c1ccccc1C. The van der Waals surface area contributed by atoms with Crippen molar-refractivity contribution in [3.05, 3.63) is 41.7 Å². The molecule has 74 valence electrons. The number of aliphatic carboxylic acids is 1. The molecule has 0 atom stereocenters. The summed E-state index contributed by atoms with van der Waals surface area (Å²) < 4.78 is 4.73. The molecule has 0 bridgehead atoms. The molecule has 0 spiro atoms. The maximum absolute atomic E-state index is 10.9. The van der Waals surface area contributed by atoms with Gasteiger partial charge in [0.1, 0.15) is 5.57 Å². The molecule has 0 saturated heterocycles. The standard InChI is InChI=1S/C11H12O3/c1-8-5-3-4-6-9(8)10(7-14-2)11(12)13/h3-7H,1-2H3,(H,12,13). The van der Waals surface area contributed by atoms with Gasteiger partial charge in [-0.05, 0) is 18.1 Å². The number of carboxylic acids is 1. The molecule has 0 aromatic heterocycles. The van der Waals surface area contributed by atoms with Gasteiger partial charge in [-0.25, -0.2) is 4.79 Å². The largest absolute Gasteiger partial charge is 0.503 e. The highest BCUT2D eigenvalue weighted by Gasteiger charge is 2.12. The summed E-state index contributed by atoms with van der Waals surface area (Å²) >= 11 is 0. The minimum atomic E-state index is -0.985. The Morgan fingerprint density at radius 3 is 2.57 bits per heavy atom. The molecule has 0 heterocycles. The van der Waals surface area contributed by atoms with Crippen molar-refractivity contribution in [3.63, 3.8) is 0 Å². The van der Waals surface area contributed by atoms with Crippen molar-refractivity contribution in [3.8, 4) is 0 Å². The highest BCUT2D eigenvalue weighted by molar-refractivity contribution is 6.15. The van der Waals surface area contributed by atoms with Crippen molar-refractivity contribution >= 4 is 11.5 Å². The third-order valence-electron chi connectivity index (χ3n) is 1.90. The molecule has 0 radical (unpaired) electrons. The molecule has 3 nitrogen and oxygen atoms in total. The number of benzene rings is 1. The van der Waals surface area contributed by atoms with E-state index < -0.39 is 5.97 Å². The van der Waals surface area contributed by atoms with Crippen molar-refractivity contribution in [2.75, 3.05) is 7.11 Å². The molecule has 1 aromatic carbocycles. The van der Waals surface area contributed by atoms with Crippen molar-refractivity contribution in [1.82, 2.24) is 0 Å². The summed E-state index contributed by atoms with van der Waals surface area (Å²) in [6, 6.07) is 7.29. The van der Waals surface area contributed by atoms with E-state index in [0.717, 1.165) is 5.56 Å². The first-order valence-electron chi connectivity index (χ1n) is 4.19. The number of carbonyl (C=O) groups is 1. The lowest BCUT2D eigenvalue weighted by Gasteiger charge is -2.05. The second kappa shape index (κ2) is 4.46. The zero-order valence-corrected chi connectivity index (χ0v) is 8.15. The summed E-state index contributed by atoms with van der Waals surface area (Å²) in [6.45, 7) is 1.86. The van der Waals surface area contributed by atoms with Gasteiger partial charge in [0.2, 0.25) is 0 Å². The molecule has 1 N–H and O–H groups in total. The van der Waals surface area contributed by atoms with E-state index in [-0.39, 0.29) is 5.57 Å². The predicted molar refractivity (Wildman–Crippen MR) is 53.8 cm³/mol. The Kier molecular flexibility index (Phi) is 3.29. The predicted octanol–water partition coefficient (Wildman–Crippen LogP) is 2.07. The fraction of sp³-hybridized carbons (Fsp3) is 0.182. The lowest BCUT2D eigenvalue weighted by molar-refractivity contribution is -0.130. The van der Waals surface area contributed by atoms with Gasteiger partial charge in [-0.2, -0.15) is 0 Å². The number of carboxylic acid groups (broad SMARTS) is 1. The third-order valence-corrected chi connectivity index (χ3v) is 1.90. The van der Waals surface area contributed by atoms with Crippen molar-refractivity contribution in [2.45, 2.75) is 6.92 Å². The number of ether oxygens (including phenoxy) is 1. The van der Waals surface area contributed by atoms with E-state index in [9.17, 15) is 4.79 Å². The van der Waals surface area contributed by atoms with Crippen molar-refractivity contribution in [1.29, 1.82) is 0 Å². The van der Waals surface area contributed by atoms with E-state index >= 15 is 0 Å². The lowest BCUT2D eigenvalue weighted by atomic mass is 10.0. The zero-order chi connectivity index (χ0) is 10.6. The summed E-state index contributed by atoms with van der Waals surface area (Å²) in [5, 5.41) is 8.93. The average Bonchev–Trinajstić information content (AvgIpc) is 2.15. The van der Waals surface area contributed by atoms with Crippen LogP contribution in [0, 0.1) is 6.92 Å². The highest BCUT2D eigenvalue weighted by Crippen LogP contribution is 2.18. The Hall–Kier alpha value is -1.77. The first-order chi connectivity index (χ1) is 6.66. The average molecular weight is 192 g/mol. The minimum Gasteiger partial charge on any atom is -0.503 e. The Labute approximate surface area is 82.6 Å². The second-order valence-corrected chi connectivity index (χ2v) is 2.89. The van der Waals surface area contributed by atoms with Gasteiger partial charge in [0, 0.05) is 0 Å². The first kappa shape index (κ1) is 10.3. The van der Waals surface area contributed by atoms with Gasteiger partial charge in [0.15, 0.2) is 0 Å². The molecule has 0 aliphatic carbocycles. The lowest BCUT2D eigenvalue weighted by Crippen LogP contribution is -2.01. The van der Waals surface area contributed by atoms with Crippen LogP contribution in [0.1, 0.15) is 11.1 Å². The van der Waals surface area contributed by atoms with Crippen LogP contribution in [0.5, 0.6) is 0 Å². The number of hydrogen-bond acceptors (Lipinski definition) is 2. The number of methoxy groups -OCH3 is 1. The molecule has 0 aliphatic heterocycles. The molecule has 0 amide bonds. The summed E-state index contributed by atoms with van der Waals surface area (Å²) in [4.78, 5) is 10.9. The van der Waals surface area contributed by atoms with Crippen LogP contribution in [0.4, 0.5) is 0 Å². The van der Waals surface area contributed by atoms with Crippen LogP contribution in [-0.4, -0.2) is 18.2 Å². The highest BCUT2D eigenvalue weighted by atomic mass is 16.5. The third kappa shape index (κ3) is 2.13. The summed E-state index contributed by atoms with van der Waals surface area (Å²) in [7, 11) is 1.43. The quantitative estimate of drug-likeness (QED) is 0.589. The van der Waals surface area contributed by atoms with E-state index in [1.807, 2.05) is 19.1 Å². The van der Waals surface area contributed by atoms with Gasteiger partial charge in [-0.1, -0.05) is 24.3 Å². The first-order valence-corrected chi connectivity index (χ1v) is 4.19. The molecule has 0 fully saturated rings. The molecule has 14 heavy (non-hydrogen) atoms. The Bertz CT molecular complexity index is 367. The van der Waals surface area contributed by atoms with Crippen molar-refractivity contribution < 1.29 is 14.6 Å². The van der Waals surface area contributed by atoms with Crippen LogP contribution < -0.4 is 0 Å². The molecule has 1 rings (SSSR count). The van der Waals surface area contributed by atoms with Gasteiger partial charge in [0.05, 0.1) is 13.4 Å². The van der Waals surface area contributed by atoms with E-state index in [1.165, 1.54) is 13.4 Å². The summed E-state index contributed by atoms with van der Waals surface area (Å²) in [5.74, 6) is -0.985. The van der Waals surface area contributed by atoms with E-state index in [0.29, 0.717) is 5.56 Å². The van der Waals surface area contributed by atoms with Crippen molar-refractivity contribution in [2.24, 2.45) is 0 Å². The second-order valence-electron chi connectivity index (χ2n) is 2.89. The van der Waals surface area contributed by atoms with E-state index in [2.05, 4.69) is 0 Å². The van der Waals surface area contributed by atoms with E-state index in [1.54, 1.807) is 12.1 Å². The van der Waals surface area contributed by atoms with Crippen LogP contribution in [0.15, 0.2) is 30.5 Å². The summed E-state index contributed by atoms with van der Waals surface area (Å²) in [6.07, 6.45) is 1.24. The molecule has 0 saturated carbocycles. The molecule has 3 heteroatoms. The maximum Gasteiger partial charge on any atom is 0.339 e. The van der Waals surface area contributed by atoms with Crippen LogP contribution in [-0.2, 0) is 9.53 Å². The molecular formula is C11H12O3. The minimum absolute atomic E-state index is 0.172. The van der Waals surface area contributed by atoms with Gasteiger partial charge < -0.3 is 9.84 Å². The van der Waals surface area contributed by atoms with Crippen LogP contribution >= 0.6 is 0 Å². The molecule has 0 unspecified atom stereocenters. The Balaban J connectivity index is 3.19. The van der Waals surface area contributed by atoms with Gasteiger partial charge in [-0.15, -0.1) is 0 Å².